The Morgan fingerprint density at radius 1 is 1.39 bits per heavy atom. The van der Waals surface area contributed by atoms with Crippen molar-refractivity contribution in [2.45, 2.75) is 6.54 Å². The van der Waals surface area contributed by atoms with Crippen LogP contribution in [-0.2, 0) is 11.3 Å². The van der Waals surface area contributed by atoms with E-state index in [-0.39, 0.29) is 24.9 Å². The van der Waals surface area contributed by atoms with E-state index < -0.39 is 0 Å². The summed E-state index contributed by atoms with van der Waals surface area (Å²) >= 11 is 1.59. The zero-order valence-electron chi connectivity index (χ0n) is 9.49. The molecule has 2 aromatic rings. The Balaban J connectivity index is 0.00000162. The van der Waals surface area contributed by atoms with Gasteiger partial charge in [-0.05, 0) is 16.8 Å². The van der Waals surface area contributed by atoms with Crippen LogP contribution >= 0.6 is 11.3 Å². The van der Waals surface area contributed by atoms with Crippen LogP contribution in [0, 0.1) is 0 Å². The lowest BCUT2D eigenvalue weighted by Crippen LogP contribution is -3.00. The normalized spacial score (nSPS) is 10.0. The molecule has 0 aliphatic heterocycles. The Kier molecular flexibility index (Phi) is 6.04. The number of nitrogens with one attached hydrogen (secondary N) is 1. The first-order valence-electron chi connectivity index (χ1n) is 5.13. The van der Waals surface area contributed by atoms with Crippen molar-refractivity contribution >= 4 is 23.5 Å². The van der Waals surface area contributed by atoms with Crippen LogP contribution in [0.3, 0.4) is 0 Å². The number of halogens is 1. The number of hydrazone groups is 1. The first-order valence-corrected chi connectivity index (χ1v) is 6.07. The molecule has 2 heterocycles. The van der Waals surface area contributed by atoms with E-state index in [1.54, 1.807) is 22.1 Å². The minimum atomic E-state index is -0.146. The number of hydrogen-bond acceptors (Lipinski definition) is 3. The molecule has 0 saturated heterocycles. The predicted molar refractivity (Wildman–Crippen MR) is 66.7 cm³/mol. The minimum absolute atomic E-state index is 0. The van der Waals surface area contributed by atoms with Gasteiger partial charge < -0.3 is 12.4 Å². The maximum absolute atomic E-state index is 11.5. The van der Waals surface area contributed by atoms with Gasteiger partial charge >= 0.3 is 5.91 Å². The number of nitrogens with zero attached hydrogens (tertiary/aromatic N) is 2. The molecule has 0 radical (unpaired) electrons. The molecule has 0 aliphatic rings. The van der Waals surface area contributed by atoms with Crippen LogP contribution in [0.15, 0.2) is 52.5 Å². The maximum atomic E-state index is 11.5. The second-order valence-corrected chi connectivity index (χ2v) is 4.18. The molecule has 0 aliphatic carbocycles. The summed E-state index contributed by atoms with van der Waals surface area (Å²) in [6.07, 6.45) is 5.30. The van der Waals surface area contributed by atoms with E-state index in [4.69, 9.17) is 0 Å². The third-order valence-electron chi connectivity index (χ3n) is 2.05. The van der Waals surface area contributed by atoms with Crippen molar-refractivity contribution < 1.29 is 21.8 Å². The number of thiophene rings is 1. The first kappa shape index (κ1) is 14.3. The van der Waals surface area contributed by atoms with Gasteiger partial charge in [-0.3, -0.25) is 4.79 Å². The van der Waals surface area contributed by atoms with Gasteiger partial charge in [0.1, 0.15) is 0 Å². The summed E-state index contributed by atoms with van der Waals surface area (Å²) in [5, 5.41) is 7.80. The SMILES string of the molecule is O=C(C[n+]1ccccc1)N/N=C/c1ccsc1.[Cl-]. The molecule has 0 atom stereocenters. The van der Waals surface area contributed by atoms with Gasteiger partial charge in [-0.25, -0.2) is 5.43 Å². The van der Waals surface area contributed by atoms with Crippen LogP contribution in [0.25, 0.3) is 0 Å². The van der Waals surface area contributed by atoms with Crippen LogP contribution in [-0.4, -0.2) is 12.1 Å². The molecule has 1 N–H and O–H groups in total. The summed E-state index contributed by atoms with van der Waals surface area (Å²) in [5.74, 6) is -0.146. The average Bonchev–Trinajstić information content (AvgIpc) is 2.83. The molecule has 0 saturated carbocycles. The molecule has 0 unspecified atom stereocenters. The summed E-state index contributed by atoms with van der Waals surface area (Å²) in [7, 11) is 0. The number of carbonyl (C=O) groups excluding carboxylic acids is 1. The van der Waals surface area contributed by atoms with Crippen molar-refractivity contribution in [2.75, 3.05) is 0 Å². The van der Waals surface area contributed by atoms with Gasteiger partial charge in [0.25, 0.3) is 0 Å². The highest BCUT2D eigenvalue weighted by Crippen LogP contribution is 2.01. The van der Waals surface area contributed by atoms with E-state index in [1.165, 1.54) is 0 Å². The van der Waals surface area contributed by atoms with E-state index in [1.807, 2.05) is 47.4 Å². The summed E-state index contributed by atoms with van der Waals surface area (Å²) in [6.45, 7) is 0.266. The van der Waals surface area contributed by atoms with Crippen LogP contribution < -0.4 is 22.4 Å². The molecule has 0 bridgehead atoms. The highest BCUT2D eigenvalue weighted by atomic mass is 35.5. The molecule has 1 amide bonds. The third-order valence-corrected chi connectivity index (χ3v) is 2.75. The van der Waals surface area contributed by atoms with Gasteiger partial charge in [-0.1, -0.05) is 6.07 Å². The van der Waals surface area contributed by atoms with Crippen LogP contribution in [0.2, 0.25) is 0 Å². The lowest BCUT2D eigenvalue weighted by atomic mass is 10.4. The Morgan fingerprint density at radius 2 is 2.17 bits per heavy atom. The van der Waals surface area contributed by atoms with Gasteiger partial charge in [-0.2, -0.15) is 21.0 Å². The number of pyridine rings is 1. The van der Waals surface area contributed by atoms with E-state index >= 15 is 0 Å². The molecular formula is C12H12ClN3OS. The second kappa shape index (κ2) is 7.58. The first-order chi connectivity index (χ1) is 8.34. The molecule has 18 heavy (non-hydrogen) atoms. The quantitative estimate of drug-likeness (QED) is 0.401. The highest BCUT2D eigenvalue weighted by Gasteiger charge is 2.06. The molecule has 2 aromatic heterocycles. The van der Waals surface area contributed by atoms with Crippen molar-refractivity contribution in [1.82, 2.24) is 5.43 Å². The van der Waals surface area contributed by atoms with Crippen molar-refractivity contribution in [3.8, 4) is 0 Å². The van der Waals surface area contributed by atoms with Gasteiger partial charge in [0.05, 0.1) is 6.21 Å². The average molecular weight is 282 g/mol. The minimum Gasteiger partial charge on any atom is -1.00 e. The van der Waals surface area contributed by atoms with E-state index in [2.05, 4.69) is 10.5 Å². The number of amides is 1. The molecule has 0 aromatic carbocycles. The van der Waals surface area contributed by atoms with Crippen LogP contribution in [0.1, 0.15) is 5.56 Å². The summed E-state index contributed by atoms with van der Waals surface area (Å²) in [4.78, 5) is 11.5. The van der Waals surface area contributed by atoms with Crippen molar-refractivity contribution in [3.63, 3.8) is 0 Å². The third kappa shape index (κ3) is 4.65. The van der Waals surface area contributed by atoms with Gasteiger partial charge in [0, 0.05) is 17.7 Å². The second-order valence-electron chi connectivity index (χ2n) is 3.40. The molecule has 6 heteroatoms. The van der Waals surface area contributed by atoms with E-state index in [9.17, 15) is 4.79 Å². The maximum Gasteiger partial charge on any atom is 0.305 e. The number of hydrogen-bond donors (Lipinski definition) is 1. The number of aromatic nitrogens is 1. The van der Waals surface area contributed by atoms with Gasteiger partial charge in [0.15, 0.2) is 12.4 Å². The Bertz CT molecular complexity index is 499. The van der Waals surface area contributed by atoms with Crippen LogP contribution in [0.5, 0.6) is 0 Å². The predicted octanol–water partition coefficient (Wildman–Crippen LogP) is -1.81. The molecule has 4 nitrogen and oxygen atoms in total. The molecule has 2 rings (SSSR count). The fraction of sp³-hybridized carbons (Fsp3) is 0.0833. The smallest absolute Gasteiger partial charge is 0.305 e. The van der Waals surface area contributed by atoms with E-state index in [0.29, 0.717) is 0 Å². The van der Waals surface area contributed by atoms with Gasteiger partial charge in [0.2, 0.25) is 6.54 Å². The molecular weight excluding hydrogens is 270 g/mol. The lowest BCUT2D eigenvalue weighted by Gasteiger charge is -1.95. The zero-order chi connectivity index (χ0) is 11.9. The molecule has 0 fully saturated rings. The summed E-state index contributed by atoms with van der Waals surface area (Å²) in [6, 6.07) is 7.60. The van der Waals surface area contributed by atoms with Crippen molar-refractivity contribution in [3.05, 3.63) is 53.0 Å². The van der Waals surface area contributed by atoms with E-state index in [0.717, 1.165) is 5.56 Å². The summed E-state index contributed by atoms with van der Waals surface area (Å²) < 4.78 is 1.79. The molecule has 0 spiro atoms. The van der Waals surface area contributed by atoms with Crippen molar-refractivity contribution in [1.29, 1.82) is 0 Å². The topological polar surface area (TPSA) is 45.3 Å². The fourth-order valence-corrected chi connectivity index (χ4v) is 1.88. The number of carbonyl (C=O) groups is 1. The highest BCUT2D eigenvalue weighted by molar-refractivity contribution is 7.08. The zero-order valence-corrected chi connectivity index (χ0v) is 11.1. The fourth-order valence-electron chi connectivity index (χ4n) is 1.27. The Morgan fingerprint density at radius 3 is 2.83 bits per heavy atom. The Hall–Kier alpha value is -1.72. The summed E-state index contributed by atoms with van der Waals surface area (Å²) in [5.41, 5.74) is 3.47. The standard InChI is InChI=1S/C12H11N3OS.ClH/c16-12(9-15-5-2-1-3-6-15)14-13-8-11-4-7-17-10-11;/h1-8,10H,9H2;1H/b13-8+;. The largest absolute Gasteiger partial charge is 1.00 e. The Labute approximate surface area is 115 Å². The van der Waals surface area contributed by atoms with Crippen molar-refractivity contribution in [2.24, 2.45) is 5.10 Å². The monoisotopic (exact) mass is 281 g/mol. The van der Waals surface area contributed by atoms with Crippen LogP contribution in [0.4, 0.5) is 0 Å². The lowest BCUT2D eigenvalue weighted by molar-refractivity contribution is -0.684. The van der Waals surface area contributed by atoms with Gasteiger partial charge in [-0.15, -0.1) is 0 Å². The molecule has 94 valence electrons. The number of rotatable bonds is 4.